The Bertz CT molecular complexity index is 799. The van der Waals surface area contributed by atoms with Crippen LogP contribution in [0.25, 0.3) is 0 Å². The summed E-state index contributed by atoms with van der Waals surface area (Å²) in [6, 6.07) is 8.49. The number of carbonyl (C=O) groups excluding carboxylic acids is 1. The van der Waals surface area contributed by atoms with E-state index in [1.54, 1.807) is 4.90 Å². The maximum atomic E-state index is 11.0. The van der Waals surface area contributed by atoms with Gasteiger partial charge in [0.05, 0.1) is 0 Å². The van der Waals surface area contributed by atoms with Gasteiger partial charge in [0.1, 0.15) is 5.82 Å². The third-order valence-electron chi connectivity index (χ3n) is 5.24. The highest BCUT2D eigenvalue weighted by atomic mass is 16.1. The van der Waals surface area contributed by atoms with Crippen molar-refractivity contribution in [2.75, 3.05) is 36.4 Å². The van der Waals surface area contributed by atoms with E-state index in [0.29, 0.717) is 17.8 Å². The standard InChI is InChI=1S/C22H31N5O/c1-15(2)18-7-6-8-19(16(3)4)21(18)25-22-23-17(5)13-20(24-22)27-11-9-26(14-28)10-12-27/h6-8,13-16H,9-12H2,1-5H3,(H,23,24,25). The number of hydrogen-bond donors (Lipinski definition) is 1. The van der Waals surface area contributed by atoms with Crippen LogP contribution in [0.15, 0.2) is 24.3 Å². The lowest BCUT2D eigenvalue weighted by atomic mass is 9.93. The smallest absolute Gasteiger partial charge is 0.229 e. The summed E-state index contributed by atoms with van der Waals surface area (Å²) in [4.78, 5) is 24.4. The molecule has 1 aromatic carbocycles. The molecule has 1 saturated heterocycles. The van der Waals surface area contributed by atoms with Gasteiger partial charge in [-0.1, -0.05) is 45.9 Å². The van der Waals surface area contributed by atoms with Crippen molar-refractivity contribution in [3.05, 3.63) is 41.1 Å². The van der Waals surface area contributed by atoms with Crippen LogP contribution in [0.2, 0.25) is 0 Å². The number of piperazine rings is 1. The summed E-state index contributed by atoms with van der Waals surface area (Å²) in [7, 11) is 0. The first kappa shape index (κ1) is 20.1. The van der Waals surface area contributed by atoms with E-state index in [-0.39, 0.29) is 0 Å². The molecule has 0 aliphatic carbocycles. The Labute approximate surface area is 168 Å². The zero-order valence-electron chi connectivity index (χ0n) is 17.6. The monoisotopic (exact) mass is 381 g/mol. The van der Waals surface area contributed by atoms with Crippen molar-refractivity contribution in [3.63, 3.8) is 0 Å². The average molecular weight is 382 g/mol. The molecule has 2 aromatic rings. The van der Waals surface area contributed by atoms with Gasteiger partial charge in [0, 0.05) is 43.6 Å². The molecule has 6 nitrogen and oxygen atoms in total. The summed E-state index contributed by atoms with van der Waals surface area (Å²) in [5.41, 5.74) is 4.60. The molecule has 1 fully saturated rings. The van der Waals surface area contributed by atoms with Gasteiger partial charge in [-0.25, -0.2) is 4.98 Å². The van der Waals surface area contributed by atoms with Crippen LogP contribution in [0.1, 0.15) is 56.4 Å². The average Bonchev–Trinajstić information content (AvgIpc) is 2.67. The molecule has 1 N–H and O–H groups in total. The van der Waals surface area contributed by atoms with Gasteiger partial charge in [-0.2, -0.15) is 4.98 Å². The number of amides is 1. The number of hydrogen-bond acceptors (Lipinski definition) is 5. The second kappa shape index (κ2) is 8.59. The van der Waals surface area contributed by atoms with E-state index in [2.05, 4.69) is 61.1 Å². The fraction of sp³-hybridized carbons (Fsp3) is 0.500. The Morgan fingerprint density at radius 1 is 1.00 bits per heavy atom. The van der Waals surface area contributed by atoms with E-state index in [9.17, 15) is 4.79 Å². The number of nitrogens with zero attached hydrogens (tertiary/aromatic N) is 4. The maximum absolute atomic E-state index is 11.0. The largest absolute Gasteiger partial charge is 0.353 e. The Kier molecular flexibility index (Phi) is 6.17. The molecule has 150 valence electrons. The number of carbonyl (C=O) groups is 1. The molecule has 1 aliphatic rings. The number of aromatic nitrogens is 2. The summed E-state index contributed by atoms with van der Waals surface area (Å²) >= 11 is 0. The van der Waals surface area contributed by atoms with Gasteiger partial charge in [0.2, 0.25) is 12.4 Å². The molecule has 0 radical (unpaired) electrons. The predicted molar refractivity (Wildman–Crippen MR) is 115 cm³/mol. The number of anilines is 3. The second-order valence-electron chi connectivity index (χ2n) is 8.07. The lowest BCUT2D eigenvalue weighted by Crippen LogP contribution is -2.46. The van der Waals surface area contributed by atoms with Crippen LogP contribution < -0.4 is 10.2 Å². The number of aryl methyl sites for hydroxylation is 1. The van der Waals surface area contributed by atoms with Crippen LogP contribution in [0.3, 0.4) is 0 Å². The number of benzene rings is 1. The Morgan fingerprint density at radius 3 is 2.14 bits per heavy atom. The fourth-order valence-corrected chi connectivity index (χ4v) is 3.63. The van der Waals surface area contributed by atoms with Crippen molar-refractivity contribution >= 4 is 23.9 Å². The van der Waals surface area contributed by atoms with E-state index in [1.165, 1.54) is 11.1 Å². The van der Waals surface area contributed by atoms with Crippen LogP contribution in [-0.4, -0.2) is 47.5 Å². The lowest BCUT2D eigenvalue weighted by molar-refractivity contribution is -0.118. The molecular weight excluding hydrogens is 350 g/mol. The zero-order chi connectivity index (χ0) is 20.3. The van der Waals surface area contributed by atoms with Crippen molar-refractivity contribution < 1.29 is 4.79 Å². The molecule has 0 spiro atoms. The molecule has 0 atom stereocenters. The number of para-hydroxylation sites is 1. The first-order valence-corrected chi connectivity index (χ1v) is 10.1. The van der Waals surface area contributed by atoms with E-state index in [0.717, 1.165) is 49.8 Å². The normalized spacial score (nSPS) is 14.7. The number of nitrogens with one attached hydrogen (secondary N) is 1. The Balaban J connectivity index is 1.92. The van der Waals surface area contributed by atoms with E-state index < -0.39 is 0 Å². The van der Waals surface area contributed by atoms with Gasteiger partial charge in [-0.15, -0.1) is 0 Å². The summed E-state index contributed by atoms with van der Waals surface area (Å²) in [5, 5.41) is 3.53. The fourth-order valence-electron chi connectivity index (χ4n) is 3.63. The molecule has 1 aliphatic heterocycles. The summed E-state index contributed by atoms with van der Waals surface area (Å²) in [6.45, 7) is 13.9. The van der Waals surface area contributed by atoms with Crippen molar-refractivity contribution in [1.82, 2.24) is 14.9 Å². The van der Waals surface area contributed by atoms with Crippen molar-refractivity contribution in [2.45, 2.75) is 46.5 Å². The highest BCUT2D eigenvalue weighted by molar-refractivity contribution is 5.66. The molecule has 1 amide bonds. The minimum absolute atomic E-state index is 0.405. The third-order valence-corrected chi connectivity index (χ3v) is 5.24. The maximum Gasteiger partial charge on any atom is 0.229 e. The SMILES string of the molecule is Cc1cc(N2CCN(C=O)CC2)nc(Nc2c(C(C)C)cccc2C(C)C)n1. The first-order chi connectivity index (χ1) is 13.4. The molecule has 2 heterocycles. The molecule has 3 rings (SSSR count). The van der Waals surface area contributed by atoms with Crippen molar-refractivity contribution in [3.8, 4) is 0 Å². The topological polar surface area (TPSA) is 61.4 Å². The minimum atomic E-state index is 0.405. The Morgan fingerprint density at radius 2 is 1.61 bits per heavy atom. The molecule has 28 heavy (non-hydrogen) atoms. The van der Waals surface area contributed by atoms with Gasteiger partial charge in [0.25, 0.3) is 0 Å². The molecule has 0 unspecified atom stereocenters. The van der Waals surface area contributed by atoms with Crippen LogP contribution in [-0.2, 0) is 4.79 Å². The van der Waals surface area contributed by atoms with Crippen molar-refractivity contribution in [1.29, 1.82) is 0 Å². The molecule has 0 saturated carbocycles. The second-order valence-corrected chi connectivity index (χ2v) is 8.07. The van der Waals surface area contributed by atoms with E-state index in [1.807, 2.05) is 13.0 Å². The van der Waals surface area contributed by atoms with Gasteiger partial charge < -0.3 is 15.1 Å². The van der Waals surface area contributed by atoms with Gasteiger partial charge in [-0.05, 0) is 29.9 Å². The van der Waals surface area contributed by atoms with Crippen LogP contribution in [0, 0.1) is 6.92 Å². The first-order valence-electron chi connectivity index (χ1n) is 10.1. The quantitative estimate of drug-likeness (QED) is 0.765. The molecule has 6 heteroatoms. The van der Waals surface area contributed by atoms with Gasteiger partial charge in [-0.3, -0.25) is 4.79 Å². The summed E-state index contributed by atoms with van der Waals surface area (Å²) in [6.07, 6.45) is 0.922. The van der Waals surface area contributed by atoms with Crippen LogP contribution in [0.5, 0.6) is 0 Å². The predicted octanol–water partition coefficient (Wildman–Crippen LogP) is 4.05. The van der Waals surface area contributed by atoms with Gasteiger partial charge in [0.15, 0.2) is 0 Å². The zero-order valence-corrected chi connectivity index (χ0v) is 17.6. The summed E-state index contributed by atoms with van der Waals surface area (Å²) in [5.74, 6) is 2.35. The van der Waals surface area contributed by atoms with Crippen LogP contribution in [0.4, 0.5) is 17.5 Å². The third kappa shape index (κ3) is 4.43. The highest BCUT2D eigenvalue weighted by Crippen LogP contribution is 2.34. The molecule has 1 aromatic heterocycles. The van der Waals surface area contributed by atoms with E-state index >= 15 is 0 Å². The molecular formula is C22H31N5O. The number of rotatable bonds is 6. The van der Waals surface area contributed by atoms with E-state index in [4.69, 9.17) is 4.98 Å². The Hall–Kier alpha value is -2.63. The van der Waals surface area contributed by atoms with Crippen LogP contribution >= 0.6 is 0 Å². The highest BCUT2D eigenvalue weighted by Gasteiger charge is 2.19. The minimum Gasteiger partial charge on any atom is -0.353 e. The summed E-state index contributed by atoms with van der Waals surface area (Å²) < 4.78 is 0. The van der Waals surface area contributed by atoms with Gasteiger partial charge >= 0.3 is 0 Å². The molecule has 0 bridgehead atoms. The lowest BCUT2D eigenvalue weighted by Gasteiger charge is -2.33. The van der Waals surface area contributed by atoms with Crippen molar-refractivity contribution in [2.24, 2.45) is 0 Å².